The van der Waals surface area contributed by atoms with Gasteiger partial charge in [0.25, 0.3) is 0 Å². The van der Waals surface area contributed by atoms with Crippen molar-refractivity contribution in [3.05, 3.63) is 0 Å². The third-order valence-corrected chi connectivity index (χ3v) is 0.788. The number of nitrogens with zero attached hydrogens (tertiary/aromatic N) is 1. The van der Waals surface area contributed by atoms with Crippen LogP contribution >= 0.6 is 0 Å². The number of hydrogen-bond donors (Lipinski definition) is 0. The standard InChI is InChI=1S/C7H15NO/c1-6(9-5)8-7(2,3)4/h1-5H3/b8-6+. The van der Waals surface area contributed by atoms with E-state index in [0.29, 0.717) is 0 Å². The first kappa shape index (κ1) is 8.47. The monoisotopic (exact) mass is 129 g/mol. The fourth-order valence-electron chi connectivity index (χ4n) is 0.518. The predicted octanol–water partition coefficient (Wildman–Crippen LogP) is 1.85. The summed E-state index contributed by atoms with van der Waals surface area (Å²) in [7, 11) is 1.63. The minimum Gasteiger partial charge on any atom is -0.484 e. The molecule has 0 atom stereocenters. The lowest BCUT2D eigenvalue weighted by atomic mass is 10.1. The minimum atomic E-state index is -0.0138. The second-order valence-electron chi connectivity index (χ2n) is 3.01. The van der Waals surface area contributed by atoms with E-state index in [2.05, 4.69) is 4.99 Å². The van der Waals surface area contributed by atoms with Gasteiger partial charge in [-0.1, -0.05) is 0 Å². The molecule has 0 aliphatic rings. The summed E-state index contributed by atoms with van der Waals surface area (Å²) in [5.74, 6) is 0.738. The molecule has 0 saturated carbocycles. The van der Waals surface area contributed by atoms with Crippen molar-refractivity contribution in [2.24, 2.45) is 4.99 Å². The Hall–Kier alpha value is -0.530. The Morgan fingerprint density at radius 1 is 1.33 bits per heavy atom. The second-order valence-corrected chi connectivity index (χ2v) is 3.01. The van der Waals surface area contributed by atoms with Crippen molar-refractivity contribution in [1.82, 2.24) is 0 Å². The molecule has 0 aliphatic heterocycles. The van der Waals surface area contributed by atoms with Crippen molar-refractivity contribution >= 4 is 5.90 Å². The van der Waals surface area contributed by atoms with Crippen molar-refractivity contribution in [2.75, 3.05) is 7.11 Å². The van der Waals surface area contributed by atoms with Crippen molar-refractivity contribution < 1.29 is 4.74 Å². The van der Waals surface area contributed by atoms with Gasteiger partial charge in [0.2, 0.25) is 0 Å². The molecule has 0 bridgehead atoms. The molecular weight excluding hydrogens is 114 g/mol. The first-order chi connectivity index (χ1) is 3.95. The first-order valence-electron chi connectivity index (χ1n) is 3.06. The number of methoxy groups -OCH3 is 1. The molecular formula is C7H15NO. The van der Waals surface area contributed by atoms with Crippen LogP contribution < -0.4 is 0 Å². The largest absolute Gasteiger partial charge is 0.484 e. The van der Waals surface area contributed by atoms with Gasteiger partial charge < -0.3 is 4.74 Å². The van der Waals surface area contributed by atoms with Gasteiger partial charge in [-0.05, 0) is 20.8 Å². The normalized spacial score (nSPS) is 13.7. The molecule has 0 unspecified atom stereocenters. The summed E-state index contributed by atoms with van der Waals surface area (Å²) >= 11 is 0. The number of rotatable bonds is 0. The van der Waals surface area contributed by atoms with Gasteiger partial charge >= 0.3 is 0 Å². The molecule has 0 saturated heterocycles. The Balaban J connectivity index is 3.95. The molecule has 0 spiro atoms. The summed E-state index contributed by atoms with van der Waals surface area (Å²) in [6.45, 7) is 7.96. The van der Waals surface area contributed by atoms with E-state index in [1.165, 1.54) is 0 Å². The molecule has 0 amide bonds. The van der Waals surface area contributed by atoms with Crippen molar-refractivity contribution in [3.63, 3.8) is 0 Å². The van der Waals surface area contributed by atoms with E-state index in [1.807, 2.05) is 27.7 Å². The lowest BCUT2D eigenvalue weighted by Crippen LogP contribution is -2.13. The molecule has 9 heavy (non-hydrogen) atoms. The van der Waals surface area contributed by atoms with Crippen LogP contribution in [0.4, 0.5) is 0 Å². The molecule has 2 nitrogen and oxygen atoms in total. The quantitative estimate of drug-likeness (QED) is 0.361. The number of hydrogen-bond acceptors (Lipinski definition) is 2. The molecule has 0 rings (SSSR count). The highest BCUT2D eigenvalue weighted by atomic mass is 16.5. The Labute approximate surface area is 56.9 Å². The summed E-state index contributed by atoms with van der Waals surface area (Å²) < 4.78 is 4.88. The average Bonchev–Trinajstić information content (AvgIpc) is 1.62. The molecule has 0 aromatic carbocycles. The van der Waals surface area contributed by atoms with Gasteiger partial charge in [0.05, 0.1) is 12.6 Å². The maximum atomic E-state index is 4.88. The topological polar surface area (TPSA) is 21.6 Å². The van der Waals surface area contributed by atoms with Gasteiger partial charge in [-0.25, -0.2) is 0 Å². The Morgan fingerprint density at radius 3 is 1.89 bits per heavy atom. The summed E-state index contributed by atoms with van der Waals surface area (Å²) in [5.41, 5.74) is -0.0138. The van der Waals surface area contributed by atoms with E-state index in [1.54, 1.807) is 7.11 Å². The van der Waals surface area contributed by atoms with Crippen LogP contribution in [-0.2, 0) is 4.74 Å². The second kappa shape index (κ2) is 2.85. The van der Waals surface area contributed by atoms with Crippen LogP contribution in [0.2, 0.25) is 0 Å². The van der Waals surface area contributed by atoms with Crippen LogP contribution in [0, 0.1) is 0 Å². The minimum absolute atomic E-state index is 0.0138. The van der Waals surface area contributed by atoms with Crippen LogP contribution in [0.25, 0.3) is 0 Å². The van der Waals surface area contributed by atoms with Crippen LogP contribution in [0.5, 0.6) is 0 Å². The summed E-state index contributed by atoms with van der Waals surface area (Å²) in [6.07, 6.45) is 0. The lowest BCUT2D eigenvalue weighted by molar-refractivity contribution is 0.387. The summed E-state index contributed by atoms with van der Waals surface area (Å²) in [4.78, 5) is 4.22. The summed E-state index contributed by atoms with van der Waals surface area (Å²) in [5, 5.41) is 0. The van der Waals surface area contributed by atoms with E-state index < -0.39 is 0 Å². The van der Waals surface area contributed by atoms with Gasteiger partial charge in [-0.2, -0.15) is 0 Å². The molecule has 0 heterocycles. The molecule has 0 aliphatic carbocycles. The van der Waals surface area contributed by atoms with E-state index in [-0.39, 0.29) is 5.54 Å². The van der Waals surface area contributed by atoms with E-state index in [0.717, 1.165) is 5.90 Å². The highest BCUT2D eigenvalue weighted by Crippen LogP contribution is 2.06. The van der Waals surface area contributed by atoms with Crippen LogP contribution in [-0.4, -0.2) is 18.5 Å². The third-order valence-electron chi connectivity index (χ3n) is 0.788. The van der Waals surface area contributed by atoms with Crippen molar-refractivity contribution in [1.29, 1.82) is 0 Å². The van der Waals surface area contributed by atoms with Crippen LogP contribution in [0.15, 0.2) is 4.99 Å². The van der Waals surface area contributed by atoms with Gasteiger partial charge in [0, 0.05) is 6.92 Å². The molecule has 0 aromatic heterocycles. The Kier molecular flexibility index (Phi) is 2.68. The van der Waals surface area contributed by atoms with E-state index >= 15 is 0 Å². The zero-order chi connectivity index (χ0) is 7.49. The van der Waals surface area contributed by atoms with Crippen molar-refractivity contribution in [2.45, 2.75) is 33.2 Å². The molecule has 0 aromatic rings. The maximum absolute atomic E-state index is 4.88. The fraction of sp³-hybridized carbons (Fsp3) is 0.857. The fourth-order valence-corrected chi connectivity index (χ4v) is 0.518. The van der Waals surface area contributed by atoms with E-state index in [4.69, 9.17) is 4.74 Å². The zero-order valence-corrected chi connectivity index (χ0v) is 6.86. The molecule has 0 N–H and O–H groups in total. The highest BCUT2D eigenvalue weighted by Gasteiger charge is 2.06. The van der Waals surface area contributed by atoms with Crippen molar-refractivity contribution in [3.8, 4) is 0 Å². The molecule has 0 fully saturated rings. The van der Waals surface area contributed by atoms with Crippen LogP contribution in [0.1, 0.15) is 27.7 Å². The van der Waals surface area contributed by atoms with Crippen LogP contribution in [0.3, 0.4) is 0 Å². The molecule has 54 valence electrons. The van der Waals surface area contributed by atoms with Gasteiger partial charge in [-0.15, -0.1) is 0 Å². The lowest BCUT2D eigenvalue weighted by Gasteiger charge is -2.12. The Bertz CT molecular complexity index is 111. The first-order valence-corrected chi connectivity index (χ1v) is 3.06. The molecule has 0 radical (unpaired) electrons. The zero-order valence-electron chi connectivity index (χ0n) is 6.86. The number of ether oxygens (including phenoxy) is 1. The predicted molar refractivity (Wildman–Crippen MR) is 39.9 cm³/mol. The van der Waals surface area contributed by atoms with Gasteiger partial charge in [-0.3, -0.25) is 4.99 Å². The Morgan fingerprint density at radius 2 is 1.78 bits per heavy atom. The third kappa shape index (κ3) is 5.34. The smallest absolute Gasteiger partial charge is 0.180 e. The molecule has 2 heteroatoms. The van der Waals surface area contributed by atoms with E-state index in [9.17, 15) is 0 Å². The maximum Gasteiger partial charge on any atom is 0.180 e. The SMILES string of the molecule is CO/C(C)=N/C(C)(C)C. The highest BCUT2D eigenvalue weighted by molar-refractivity contribution is 5.73. The van der Waals surface area contributed by atoms with Gasteiger partial charge in [0.1, 0.15) is 0 Å². The summed E-state index contributed by atoms with van der Waals surface area (Å²) in [6, 6.07) is 0. The average molecular weight is 129 g/mol. The number of aliphatic imine (C=N–C) groups is 1. The van der Waals surface area contributed by atoms with Gasteiger partial charge in [0.15, 0.2) is 5.90 Å².